The van der Waals surface area contributed by atoms with Crippen molar-refractivity contribution < 1.29 is 5.11 Å². The van der Waals surface area contributed by atoms with Crippen LogP contribution < -0.4 is 5.53 Å². The van der Waals surface area contributed by atoms with Crippen LogP contribution in [0.5, 0.6) is 0 Å². The van der Waals surface area contributed by atoms with E-state index in [1.165, 1.54) is 5.70 Å². The van der Waals surface area contributed by atoms with Crippen molar-refractivity contribution in [3.63, 3.8) is 0 Å². The van der Waals surface area contributed by atoms with Gasteiger partial charge in [-0.05, 0) is 31.0 Å². The predicted octanol–water partition coefficient (Wildman–Crippen LogP) is 2.24. The molecule has 1 atom stereocenters. The lowest BCUT2D eigenvalue weighted by molar-refractivity contribution is 0.122. The second-order valence-electron chi connectivity index (χ2n) is 4.78. The van der Waals surface area contributed by atoms with Gasteiger partial charge in [0.1, 0.15) is 0 Å². The summed E-state index contributed by atoms with van der Waals surface area (Å²) in [5.41, 5.74) is 7.74. The Morgan fingerprint density at radius 3 is 3.00 bits per heavy atom. The number of benzene rings is 1. The summed E-state index contributed by atoms with van der Waals surface area (Å²) >= 11 is 3.48. The average molecular weight is 310 g/mol. The molecule has 0 saturated carbocycles. The highest BCUT2D eigenvalue weighted by Gasteiger charge is 2.31. The second-order valence-corrected chi connectivity index (χ2v) is 5.70. The lowest BCUT2D eigenvalue weighted by atomic mass is 9.99. The molecule has 4 nitrogen and oxygen atoms in total. The molecule has 0 spiro atoms. The molecule has 18 heavy (non-hydrogen) atoms. The fourth-order valence-corrected chi connectivity index (χ4v) is 2.97. The van der Waals surface area contributed by atoms with Gasteiger partial charge >= 0.3 is 0 Å². The summed E-state index contributed by atoms with van der Waals surface area (Å²) in [6.45, 7) is 2.89. The SMILES string of the molecule is CC1=C2c3ccc(Br)cc3C(O)CCN2NN1C. The van der Waals surface area contributed by atoms with Gasteiger partial charge in [0.25, 0.3) is 0 Å². The normalized spacial score (nSPS) is 23.0. The van der Waals surface area contributed by atoms with Crippen LogP contribution >= 0.6 is 15.9 Å². The van der Waals surface area contributed by atoms with Gasteiger partial charge in [0.2, 0.25) is 0 Å². The molecule has 96 valence electrons. The van der Waals surface area contributed by atoms with Crippen molar-refractivity contribution in [1.82, 2.24) is 15.6 Å². The van der Waals surface area contributed by atoms with E-state index in [4.69, 9.17) is 0 Å². The lowest BCUT2D eigenvalue weighted by Crippen LogP contribution is -2.39. The summed E-state index contributed by atoms with van der Waals surface area (Å²) in [6.07, 6.45) is 0.316. The molecule has 0 radical (unpaired) electrons. The Bertz CT molecular complexity index is 529. The molecule has 2 heterocycles. The average Bonchev–Trinajstić information content (AvgIpc) is 2.54. The monoisotopic (exact) mass is 309 g/mol. The number of aliphatic hydroxyl groups excluding tert-OH is 1. The minimum absolute atomic E-state index is 0.407. The number of allylic oxidation sites excluding steroid dienone is 1. The van der Waals surface area contributed by atoms with Gasteiger partial charge in [-0.2, -0.15) is 0 Å². The third kappa shape index (κ3) is 1.74. The van der Waals surface area contributed by atoms with Crippen LogP contribution in [0.3, 0.4) is 0 Å². The molecule has 0 bridgehead atoms. The number of nitrogens with one attached hydrogen (secondary N) is 1. The quantitative estimate of drug-likeness (QED) is 0.771. The smallest absolute Gasteiger partial charge is 0.0816 e. The fourth-order valence-electron chi connectivity index (χ4n) is 2.59. The number of nitrogens with zero attached hydrogens (tertiary/aromatic N) is 2. The van der Waals surface area contributed by atoms with Crippen LogP contribution in [0.4, 0.5) is 0 Å². The van der Waals surface area contributed by atoms with Gasteiger partial charge in [-0.25, -0.2) is 0 Å². The maximum Gasteiger partial charge on any atom is 0.0816 e. The van der Waals surface area contributed by atoms with Crippen molar-refractivity contribution in [1.29, 1.82) is 0 Å². The van der Waals surface area contributed by atoms with Gasteiger partial charge in [-0.1, -0.05) is 22.0 Å². The van der Waals surface area contributed by atoms with Crippen LogP contribution in [0.1, 0.15) is 30.6 Å². The molecule has 0 aliphatic carbocycles. The Morgan fingerprint density at radius 1 is 1.44 bits per heavy atom. The maximum absolute atomic E-state index is 10.3. The van der Waals surface area contributed by atoms with E-state index in [1.54, 1.807) is 0 Å². The molecule has 0 aromatic heterocycles. The first-order valence-electron chi connectivity index (χ1n) is 6.04. The van der Waals surface area contributed by atoms with Crippen LogP contribution in [-0.4, -0.2) is 28.7 Å². The molecule has 2 aliphatic rings. The van der Waals surface area contributed by atoms with Crippen molar-refractivity contribution in [2.24, 2.45) is 0 Å². The van der Waals surface area contributed by atoms with Crippen LogP contribution in [0.25, 0.3) is 5.70 Å². The Balaban J connectivity index is 2.21. The van der Waals surface area contributed by atoms with Crippen molar-refractivity contribution in [3.8, 4) is 0 Å². The minimum atomic E-state index is -0.407. The first-order chi connectivity index (χ1) is 8.58. The predicted molar refractivity (Wildman–Crippen MR) is 73.9 cm³/mol. The number of hydrogen-bond donors (Lipinski definition) is 2. The van der Waals surface area contributed by atoms with E-state index in [2.05, 4.69) is 39.5 Å². The highest BCUT2D eigenvalue weighted by atomic mass is 79.9. The number of hydrazine groups is 2. The third-order valence-electron chi connectivity index (χ3n) is 3.64. The van der Waals surface area contributed by atoms with Gasteiger partial charge in [-0.15, -0.1) is 5.53 Å². The molecule has 1 aromatic rings. The van der Waals surface area contributed by atoms with Crippen LogP contribution in [0.15, 0.2) is 28.4 Å². The van der Waals surface area contributed by atoms with E-state index in [1.807, 2.05) is 24.2 Å². The van der Waals surface area contributed by atoms with Crippen LogP contribution in [0.2, 0.25) is 0 Å². The molecule has 2 aliphatic heterocycles. The molecule has 0 amide bonds. The first kappa shape index (κ1) is 12.0. The molecule has 5 heteroatoms. The number of hydrogen-bond acceptors (Lipinski definition) is 4. The van der Waals surface area contributed by atoms with Crippen molar-refractivity contribution >= 4 is 21.6 Å². The number of aliphatic hydroxyl groups is 1. The number of rotatable bonds is 0. The van der Waals surface area contributed by atoms with Gasteiger partial charge in [0.05, 0.1) is 17.5 Å². The molecule has 1 aromatic carbocycles. The van der Waals surface area contributed by atoms with Gasteiger partial charge in [0, 0.05) is 23.6 Å². The Hall–Kier alpha value is -1.04. The standard InChI is InChI=1S/C13H16BrN3O/c1-8-13-10-4-3-9(14)7-11(10)12(18)5-6-17(13)15-16(8)2/h3-4,7,12,15,18H,5-6H2,1-2H3. The van der Waals surface area contributed by atoms with Crippen LogP contribution in [-0.2, 0) is 0 Å². The van der Waals surface area contributed by atoms with E-state index in [9.17, 15) is 5.11 Å². The van der Waals surface area contributed by atoms with Crippen molar-refractivity contribution in [2.75, 3.05) is 13.6 Å². The molecule has 0 saturated heterocycles. The zero-order valence-corrected chi connectivity index (χ0v) is 12.0. The van der Waals surface area contributed by atoms with Gasteiger partial charge in [-0.3, -0.25) is 10.0 Å². The Morgan fingerprint density at radius 2 is 2.22 bits per heavy atom. The van der Waals surface area contributed by atoms with Gasteiger partial charge < -0.3 is 5.11 Å². The molecular formula is C13H16BrN3O. The number of halogens is 1. The number of fused-ring (bicyclic) bond motifs is 3. The highest BCUT2D eigenvalue weighted by molar-refractivity contribution is 9.10. The summed E-state index contributed by atoms with van der Waals surface area (Å²) in [4.78, 5) is 0. The molecule has 2 N–H and O–H groups in total. The summed E-state index contributed by atoms with van der Waals surface area (Å²) in [6, 6.07) is 6.11. The zero-order valence-electron chi connectivity index (χ0n) is 10.4. The largest absolute Gasteiger partial charge is 0.388 e. The molecule has 3 rings (SSSR count). The van der Waals surface area contributed by atoms with Gasteiger partial charge in [0.15, 0.2) is 0 Å². The molecular weight excluding hydrogens is 294 g/mol. The summed E-state index contributed by atoms with van der Waals surface area (Å²) in [5.74, 6) is 0. The Labute approximate surface area is 115 Å². The Kier molecular flexibility index (Phi) is 2.84. The van der Waals surface area contributed by atoms with Crippen molar-refractivity contribution in [3.05, 3.63) is 39.5 Å². The molecule has 1 unspecified atom stereocenters. The van der Waals surface area contributed by atoms with E-state index in [0.29, 0.717) is 0 Å². The van der Waals surface area contributed by atoms with E-state index in [-0.39, 0.29) is 0 Å². The van der Waals surface area contributed by atoms with Crippen molar-refractivity contribution in [2.45, 2.75) is 19.4 Å². The minimum Gasteiger partial charge on any atom is -0.388 e. The third-order valence-corrected chi connectivity index (χ3v) is 4.13. The lowest BCUT2D eigenvalue weighted by Gasteiger charge is -2.21. The summed E-state index contributed by atoms with van der Waals surface area (Å²) in [5, 5.41) is 14.4. The van der Waals surface area contributed by atoms with E-state index < -0.39 is 6.10 Å². The molecule has 0 fully saturated rings. The zero-order chi connectivity index (χ0) is 12.9. The fraction of sp³-hybridized carbons (Fsp3) is 0.385. The first-order valence-corrected chi connectivity index (χ1v) is 6.83. The topological polar surface area (TPSA) is 38.7 Å². The maximum atomic E-state index is 10.3. The highest BCUT2D eigenvalue weighted by Crippen LogP contribution is 2.38. The van der Waals surface area contributed by atoms with E-state index in [0.717, 1.165) is 34.3 Å². The van der Waals surface area contributed by atoms with E-state index >= 15 is 0 Å². The summed E-state index contributed by atoms with van der Waals surface area (Å²) < 4.78 is 1.01. The summed E-state index contributed by atoms with van der Waals surface area (Å²) in [7, 11) is 2.01. The second kappa shape index (κ2) is 4.26. The van der Waals surface area contributed by atoms with Crippen LogP contribution in [0, 0.1) is 0 Å².